The number of carbonyl (C=O) groups excluding carboxylic acids is 1. The van der Waals surface area contributed by atoms with Crippen LogP contribution in [0, 0.1) is 6.92 Å². The first-order valence-corrected chi connectivity index (χ1v) is 8.59. The molecular formula is C18H21ClN4O2. The lowest BCUT2D eigenvalue weighted by Crippen LogP contribution is -2.36. The Morgan fingerprint density at radius 3 is 2.92 bits per heavy atom. The molecule has 1 aromatic carbocycles. The second kappa shape index (κ2) is 8.18. The highest BCUT2D eigenvalue weighted by molar-refractivity contribution is 6.34. The Morgan fingerprint density at radius 1 is 1.32 bits per heavy atom. The first-order chi connectivity index (χ1) is 12.1. The van der Waals surface area contributed by atoms with Crippen LogP contribution in [0.2, 0.25) is 5.02 Å². The lowest BCUT2D eigenvalue weighted by molar-refractivity contribution is 0.122. The molecule has 2 N–H and O–H groups in total. The zero-order chi connectivity index (χ0) is 17.6. The second-order valence-corrected chi connectivity index (χ2v) is 6.21. The van der Waals surface area contributed by atoms with Gasteiger partial charge in [-0.2, -0.15) is 0 Å². The molecule has 2 aromatic rings. The molecule has 1 aliphatic rings. The van der Waals surface area contributed by atoms with Gasteiger partial charge in [-0.05, 0) is 30.7 Å². The zero-order valence-corrected chi connectivity index (χ0v) is 14.8. The number of morpholine rings is 1. The highest BCUT2D eigenvalue weighted by Gasteiger charge is 2.12. The van der Waals surface area contributed by atoms with Gasteiger partial charge in [0, 0.05) is 31.5 Å². The van der Waals surface area contributed by atoms with Crippen molar-refractivity contribution >= 4 is 29.0 Å². The average Bonchev–Trinajstić information content (AvgIpc) is 2.65. The first kappa shape index (κ1) is 17.5. The largest absolute Gasteiger partial charge is 0.378 e. The molecule has 1 aliphatic heterocycles. The Labute approximate surface area is 152 Å². The van der Waals surface area contributed by atoms with Crippen molar-refractivity contribution < 1.29 is 9.53 Å². The van der Waals surface area contributed by atoms with Gasteiger partial charge in [0.25, 0.3) is 0 Å². The molecule has 1 aromatic heterocycles. The van der Waals surface area contributed by atoms with Crippen molar-refractivity contribution in [3.05, 3.63) is 52.8 Å². The van der Waals surface area contributed by atoms with Gasteiger partial charge in [-0.25, -0.2) is 4.79 Å². The number of urea groups is 1. The number of ether oxygens (including phenoxy) is 1. The van der Waals surface area contributed by atoms with Crippen LogP contribution < -0.4 is 15.5 Å². The zero-order valence-electron chi connectivity index (χ0n) is 14.1. The topological polar surface area (TPSA) is 66.5 Å². The van der Waals surface area contributed by atoms with E-state index < -0.39 is 0 Å². The molecular weight excluding hydrogens is 340 g/mol. The number of anilines is 2. The van der Waals surface area contributed by atoms with Gasteiger partial charge in [0.2, 0.25) is 0 Å². The number of rotatable bonds is 4. The van der Waals surface area contributed by atoms with Gasteiger partial charge < -0.3 is 20.3 Å². The van der Waals surface area contributed by atoms with Gasteiger partial charge in [-0.1, -0.05) is 23.7 Å². The number of pyridine rings is 1. The van der Waals surface area contributed by atoms with E-state index in [2.05, 4.69) is 32.7 Å². The third-order valence-corrected chi connectivity index (χ3v) is 4.53. The van der Waals surface area contributed by atoms with Gasteiger partial charge in [-0.3, -0.25) is 4.98 Å². The predicted molar refractivity (Wildman–Crippen MR) is 99.3 cm³/mol. The molecule has 6 nitrogen and oxygen atoms in total. The number of nitrogens with zero attached hydrogens (tertiary/aromatic N) is 2. The maximum Gasteiger partial charge on any atom is 0.319 e. The third-order valence-electron chi connectivity index (χ3n) is 4.05. The minimum atomic E-state index is -0.302. The molecule has 132 valence electrons. The van der Waals surface area contributed by atoms with Crippen molar-refractivity contribution in [2.24, 2.45) is 0 Å². The summed E-state index contributed by atoms with van der Waals surface area (Å²) in [5.74, 6) is 0. The normalized spacial score (nSPS) is 14.2. The number of nitrogens with one attached hydrogen (secondary N) is 2. The summed E-state index contributed by atoms with van der Waals surface area (Å²) in [7, 11) is 0. The molecule has 0 aliphatic carbocycles. The van der Waals surface area contributed by atoms with Crippen LogP contribution in [-0.4, -0.2) is 37.3 Å². The lowest BCUT2D eigenvalue weighted by Gasteiger charge is -2.29. The summed E-state index contributed by atoms with van der Waals surface area (Å²) in [6.07, 6.45) is 1.61. The highest BCUT2D eigenvalue weighted by Crippen LogP contribution is 2.23. The fourth-order valence-corrected chi connectivity index (χ4v) is 2.84. The molecule has 0 unspecified atom stereocenters. The number of hydrogen-bond donors (Lipinski definition) is 2. The quantitative estimate of drug-likeness (QED) is 0.878. The van der Waals surface area contributed by atoms with Crippen LogP contribution in [0.4, 0.5) is 16.2 Å². The number of benzene rings is 1. The molecule has 1 fully saturated rings. The number of hydrogen-bond acceptors (Lipinski definition) is 4. The molecule has 0 atom stereocenters. The molecule has 0 radical (unpaired) electrons. The van der Waals surface area contributed by atoms with E-state index in [0.717, 1.165) is 37.6 Å². The summed E-state index contributed by atoms with van der Waals surface area (Å²) in [5, 5.41) is 6.05. The Balaban J connectivity index is 1.57. The fourth-order valence-electron chi connectivity index (χ4n) is 2.68. The Bertz CT molecular complexity index is 748. The molecule has 2 heterocycles. The van der Waals surface area contributed by atoms with Crippen LogP contribution in [0.1, 0.15) is 11.3 Å². The number of halogens is 1. The summed E-state index contributed by atoms with van der Waals surface area (Å²) < 4.78 is 5.38. The molecule has 3 rings (SSSR count). The van der Waals surface area contributed by atoms with Crippen molar-refractivity contribution in [3.63, 3.8) is 0 Å². The summed E-state index contributed by atoms with van der Waals surface area (Å²) >= 11 is 6.14. The van der Waals surface area contributed by atoms with E-state index in [4.69, 9.17) is 16.3 Å². The molecule has 0 spiro atoms. The van der Waals surface area contributed by atoms with Crippen LogP contribution in [0.25, 0.3) is 0 Å². The van der Waals surface area contributed by atoms with Crippen LogP contribution in [0.5, 0.6) is 0 Å². The minimum Gasteiger partial charge on any atom is -0.378 e. The van der Waals surface area contributed by atoms with E-state index >= 15 is 0 Å². The van der Waals surface area contributed by atoms with E-state index in [1.54, 1.807) is 19.2 Å². The van der Waals surface area contributed by atoms with Crippen LogP contribution >= 0.6 is 11.6 Å². The van der Waals surface area contributed by atoms with E-state index in [1.807, 2.05) is 12.1 Å². The monoisotopic (exact) mass is 360 g/mol. The lowest BCUT2D eigenvalue weighted by atomic mass is 10.2. The molecule has 0 bridgehead atoms. The van der Waals surface area contributed by atoms with Crippen molar-refractivity contribution in [1.29, 1.82) is 0 Å². The number of carbonyl (C=O) groups is 1. The maximum absolute atomic E-state index is 12.1. The highest BCUT2D eigenvalue weighted by atomic mass is 35.5. The van der Waals surface area contributed by atoms with Crippen molar-refractivity contribution in [2.75, 3.05) is 36.5 Å². The van der Waals surface area contributed by atoms with Crippen LogP contribution in [0.3, 0.4) is 0 Å². The van der Waals surface area contributed by atoms with E-state index in [9.17, 15) is 4.79 Å². The second-order valence-electron chi connectivity index (χ2n) is 5.83. The first-order valence-electron chi connectivity index (χ1n) is 8.21. The van der Waals surface area contributed by atoms with E-state index in [-0.39, 0.29) is 6.03 Å². The average molecular weight is 361 g/mol. The van der Waals surface area contributed by atoms with Gasteiger partial charge in [0.1, 0.15) is 0 Å². The Kier molecular flexibility index (Phi) is 5.73. The fraction of sp³-hybridized carbons (Fsp3) is 0.333. The van der Waals surface area contributed by atoms with Crippen LogP contribution in [-0.2, 0) is 11.3 Å². The maximum atomic E-state index is 12.1. The summed E-state index contributed by atoms with van der Waals surface area (Å²) in [6, 6.07) is 9.54. The number of amides is 2. The van der Waals surface area contributed by atoms with Crippen molar-refractivity contribution in [3.8, 4) is 0 Å². The third kappa shape index (κ3) is 4.61. The molecule has 25 heavy (non-hydrogen) atoms. The van der Waals surface area contributed by atoms with Gasteiger partial charge in [0.05, 0.1) is 29.6 Å². The van der Waals surface area contributed by atoms with Crippen LogP contribution in [0.15, 0.2) is 36.5 Å². The molecule has 7 heteroatoms. The number of aromatic nitrogens is 1. The Hall–Kier alpha value is -2.31. The summed E-state index contributed by atoms with van der Waals surface area (Å²) in [5.41, 5.74) is 3.42. The molecule has 1 saturated heterocycles. The van der Waals surface area contributed by atoms with Crippen molar-refractivity contribution in [1.82, 2.24) is 10.3 Å². The van der Waals surface area contributed by atoms with Gasteiger partial charge >= 0.3 is 6.03 Å². The van der Waals surface area contributed by atoms with E-state index in [0.29, 0.717) is 22.9 Å². The van der Waals surface area contributed by atoms with Gasteiger partial charge in [0.15, 0.2) is 0 Å². The van der Waals surface area contributed by atoms with Gasteiger partial charge in [-0.15, -0.1) is 0 Å². The number of aryl methyl sites for hydroxylation is 1. The Morgan fingerprint density at radius 2 is 2.12 bits per heavy atom. The standard InChI is InChI=1S/C18H21ClN4O2/c1-13-17(19)16(5-6-20-13)22-18(24)21-12-14-3-2-4-15(11-14)23-7-9-25-10-8-23/h2-6,11H,7-10,12H2,1H3,(H2,20,21,22,24). The van der Waals surface area contributed by atoms with Crippen molar-refractivity contribution in [2.45, 2.75) is 13.5 Å². The summed E-state index contributed by atoms with van der Waals surface area (Å²) in [4.78, 5) is 18.5. The van der Waals surface area contributed by atoms with E-state index in [1.165, 1.54) is 0 Å². The predicted octanol–water partition coefficient (Wildman–Crippen LogP) is 3.20. The summed E-state index contributed by atoms with van der Waals surface area (Å²) in [6.45, 7) is 5.50. The smallest absolute Gasteiger partial charge is 0.319 e. The SMILES string of the molecule is Cc1nccc(NC(=O)NCc2cccc(N3CCOCC3)c2)c1Cl. The minimum absolute atomic E-state index is 0.302. The molecule has 2 amide bonds. The molecule has 0 saturated carbocycles.